The average Bonchev–Trinajstić information content (AvgIpc) is 2.74. The van der Waals surface area contributed by atoms with E-state index < -0.39 is 21.8 Å². The molecule has 2 N–H and O–H groups in total. The molecule has 1 heterocycles. The van der Waals surface area contributed by atoms with Crippen molar-refractivity contribution in [2.45, 2.75) is 11.1 Å². The molecule has 0 saturated heterocycles. The molecule has 0 radical (unpaired) electrons. The van der Waals surface area contributed by atoms with Gasteiger partial charge in [-0.2, -0.15) is 13.2 Å². The number of aromatic nitrogens is 2. The van der Waals surface area contributed by atoms with Crippen LogP contribution in [0, 0.1) is 0 Å². The van der Waals surface area contributed by atoms with E-state index in [1.807, 2.05) is 0 Å². The Morgan fingerprint density at radius 2 is 1.44 bits per heavy atom. The van der Waals surface area contributed by atoms with E-state index >= 15 is 0 Å². The molecule has 0 aliphatic rings. The maximum Gasteiger partial charge on any atom is 0.416 e. The summed E-state index contributed by atoms with van der Waals surface area (Å²) in [7, 11) is -4.08. The van der Waals surface area contributed by atoms with Crippen molar-refractivity contribution in [2.24, 2.45) is 0 Å². The first kappa shape index (κ1) is 21.8. The molecule has 3 aromatic carbocycles. The molecule has 0 spiro atoms. The molecule has 0 bridgehead atoms. The Kier molecular flexibility index (Phi) is 5.66. The summed E-state index contributed by atoms with van der Waals surface area (Å²) >= 11 is 5.82. The van der Waals surface area contributed by atoms with Crippen molar-refractivity contribution in [3.05, 3.63) is 83.4 Å². The molecule has 164 valence electrons. The van der Waals surface area contributed by atoms with Gasteiger partial charge in [-0.3, -0.25) is 4.72 Å². The van der Waals surface area contributed by atoms with Crippen LogP contribution in [0.5, 0.6) is 0 Å². The van der Waals surface area contributed by atoms with E-state index in [0.29, 0.717) is 16.1 Å². The van der Waals surface area contributed by atoms with Gasteiger partial charge in [-0.1, -0.05) is 29.8 Å². The third kappa shape index (κ3) is 4.76. The highest BCUT2D eigenvalue weighted by Crippen LogP contribution is 2.33. The molecule has 0 amide bonds. The number of hydrogen-bond acceptors (Lipinski definition) is 5. The number of rotatable bonds is 5. The fourth-order valence-electron chi connectivity index (χ4n) is 2.87. The first-order chi connectivity index (χ1) is 15.1. The number of halogens is 4. The fourth-order valence-corrected chi connectivity index (χ4v) is 4.00. The first-order valence-electron chi connectivity index (χ1n) is 9.11. The molecule has 0 unspecified atom stereocenters. The Morgan fingerprint density at radius 1 is 0.812 bits per heavy atom. The van der Waals surface area contributed by atoms with Gasteiger partial charge in [0.15, 0.2) is 11.6 Å². The second-order valence-electron chi connectivity index (χ2n) is 6.67. The largest absolute Gasteiger partial charge is 0.416 e. The summed E-state index contributed by atoms with van der Waals surface area (Å²) in [5.41, 5.74) is 0.0307. The average molecular weight is 479 g/mol. The SMILES string of the molecule is O=S(=O)(Nc1nc2ccccc2nc1Nc1cccc(C(F)(F)F)c1)c1ccc(Cl)cc1. The molecule has 0 fully saturated rings. The molecule has 4 rings (SSSR count). The quantitative estimate of drug-likeness (QED) is 0.376. The molecule has 32 heavy (non-hydrogen) atoms. The lowest BCUT2D eigenvalue weighted by atomic mass is 10.2. The van der Waals surface area contributed by atoms with Crippen LogP contribution in [0.15, 0.2) is 77.7 Å². The second kappa shape index (κ2) is 8.29. The summed E-state index contributed by atoms with van der Waals surface area (Å²) in [5.74, 6) is -0.225. The molecule has 6 nitrogen and oxygen atoms in total. The zero-order chi connectivity index (χ0) is 22.9. The van der Waals surface area contributed by atoms with Crippen LogP contribution in [0.4, 0.5) is 30.5 Å². The fraction of sp³-hybridized carbons (Fsp3) is 0.0476. The van der Waals surface area contributed by atoms with E-state index in [2.05, 4.69) is 20.0 Å². The standard InChI is InChI=1S/C21H14ClF3N4O2S/c22-14-8-10-16(11-9-14)32(30,31)29-20-19(27-17-6-1-2-7-18(17)28-20)26-15-5-3-4-13(12-15)21(23,24)25/h1-12H,(H,26,27)(H,28,29). The van der Waals surface area contributed by atoms with E-state index in [1.54, 1.807) is 24.3 Å². The van der Waals surface area contributed by atoms with Gasteiger partial charge in [-0.15, -0.1) is 0 Å². The zero-order valence-electron chi connectivity index (χ0n) is 16.1. The smallest absolute Gasteiger partial charge is 0.337 e. The van der Waals surface area contributed by atoms with Crippen molar-refractivity contribution in [2.75, 3.05) is 10.0 Å². The van der Waals surface area contributed by atoms with Gasteiger partial charge in [-0.25, -0.2) is 18.4 Å². The van der Waals surface area contributed by atoms with Crippen LogP contribution in [0.3, 0.4) is 0 Å². The Hall–Kier alpha value is -3.37. The second-order valence-corrected chi connectivity index (χ2v) is 8.79. The molecular weight excluding hydrogens is 465 g/mol. The topological polar surface area (TPSA) is 84.0 Å². The normalized spacial score (nSPS) is 12.0. The number of sulfonamides is 1. The number of fused-ring (bicyclic) bond motifs is 1. The molecule has 4 aromatic rings. The summed E-state index contributed by atoms with van der Waals surface area (Å²) in [4.78, 5) is 8.59. The Balaban J connectivity index is 1.77. The Bertz CT molecular complexity index is 1390. The molecule has 0 saturated carbocycles. The molecule has 0 aliphatic carbocycles. The van der Waals surface area contributed by atoms with E-state index in [9.17, 15) is 21.6 Å². The highest BCUT2D eigenvalue weighted by Gasteiger charge is 2.30. The number of hydrogen-bond donors (Lipinski definition) is 2. The van der Waals surface area contributed by atoms with Crippen molar-refractivity contribution in [1.29, 1.82) is 0 Å². The van der Waals surface area contributed by atoms with E-state index in [4.69, 9.17) is 11.6 Å². The number of anilines is 3. The van der Waals surface area contributed by atoms with E-state index in [0.717, 1.165) is 12.1 Å². The van der Waals surface area contributed by atoms with Crippen molar-refractivity contribution < 1.29 is 21.6 Å². The van der Waals surface area contributed by atoms with Gasteiger partial charge >= 0.3 is 6.18 Å². The predicted octanol–water partition coefficient (Wildman–Crippen LogP) is 5.85. The Morgan fingerprint density at radius 3 is 2.06 bits per heavy atom. The minimum atomic E-state index is -4.54. The summed E-state index contributed by atoms with van der Waals surface area (Å²) in [6.07, 6.45) is -4.54. The third-order valence-corrected chi connectivity index (χ3v) is 5.98. The van der Waals surface area contributed by atoms with Crippen molar-refractivity contribution in [3.63, 3.8) is 0 Å². The van der Waals surface area contributed by atoms with Crippen LogP contribution in [0.25, 0.3) is 11.0 Å². The lowest BCUT2D eigenvalue weighted by Gasteiger charge is -2.15. The maximum absolute atomic E-state index is 13.1. The van der Waals surface area contributed by atoms with Gasteiger partial charge in [0.1, 0.15) is 0 Å². The molecule has 0 aliphatic heterocycles. The van der Waals surface area contributed by atoms with Gasteiger partial charge < -0.3 is 5.32 Å². The molecule has 0 atom stereocenters. The van der Waals surface area contributed by atoms with Gasteiger partial charge in [-0.05, 0) is 54.6 Å². The lowest BCUT2D eigenvalue weighted by molar-refractivity contribution is -0.137. The maximum atomic E-state index is 13.1. The van der Waals surface area contributed by atoms with Gasteiger partial charge in [0.05, 0.1) is 21.5 Å². The van der Waals surface area contributed by atoms with Crippen LogP contribution in [-0.4, -0.2) is 18.4 Å². The molecule has 11 heteroatoms. The van der Waals surface area contributed by atoms with Crippen molar-refractivity contribution in [1.82, 2.24) is 9.97 Å². The Labute approximate surface area is 186 Å². The summed E-state index contributed by atoms with van der Waals surface area (Å²) in [5, 5.41) is 3.10. The molecular formula is C21H14ClF3N4O2S. The minimum absolute atomic E-state index is 0.0550. The van der Waals surface area contributed by atoms with Crippen LogP contribution >= 0.6 is 11.6 Å². The molecule has 1 aromatic heterocycles. The first-order valence-corrected chi connectivity index (χ1v) is 11.0. The van der Waals surface area contributed by atoms with E-state index in [-0.39, 0.29) is 22.2 Å². The summed E-state index contributed by atoms with van der Waals surface area (Å²) in [6, 6.07) is 16.6. The van der Waals surface area contributed by atoms with Gasteiger partial charge in [0.2, 0.25) is 0 Å². The van der Waals surface area contributed by atoms with Gasteiger partial charge in [0.25, 0.3) is 10.0 Å². The number of nitrogens with one attached hydrogen (secondary N) is 2. The lowest BCUT2D eigenvalue weighted by Crippen LogP contribution is -2.16. The van der Waals surface area contributed by atoms with Crippen LogP contribution < -0.4 is 10.0 Å². The number of alkyl halides is 3. The van der Waals surface area contributed by atoms with Crippen LogP contribution in [0.1, 0.15) is 5.56 Å². The highest BCUT2D eigenvalue weighted by atomic mass is 35.5. The summed E-state index contributed by atoms with van der Waals surface area (Å²) < 4.78 is 67.3. The van der Waals surface area contributed by atoms with Crippen molar-refractivity contribution in [3.8, 4) is 0 Å². The summed E-state index contributed by atoms with van der Waals surface area (Å²) in [6.45, 7) is 0. The number of benzene rings is 3. The van der Waals surface area contributed by atoms with Gasteiger partial charge in [0, 0.05) is 10.7 Å². The minimum Gasteiger partial charge on any atom is -0.337 e. The number of para-hydroxylation sites is 2. The third-order valence-electron chi connectivity index (χ3n) is 4.38. The zero-order valence-corrected chi connectivity index (χ0v) is 17.6. The monoisotopic (exact) mass is 478 g/mol. The van der Waals surface area contributed by atoms with Crippen LogP contribution in [-0.2, 0) is 16.2 Å². The van der Waals surface area contributed by atoms with Crippen molar-refractivity contribution >= 4 is 50.0 Å². The van der Waals surface area contributed by atoms with Crippen LogP contribution in [0.2, 0.25) is 5.02 Å². The number of nitrogens with zero attached hydrogens (tertiary/aromatic N) is 2. The predicted molar refractivity (Wildman–Crippen MR) is 117 cm³/mol. The highest BCUT2D eigenvalue weighted by molar-refractivity contribution is 7.92. The van der Waals surface area contributed by atoms with E-state index in [1.165, 1.54) is 36.4 Å².